The van der Waals surface area contributed by atoms with Gasteiger partial charge in [-0.15, -0.1) is 0 Å². The standard InChI is InChI=1S/C36H34O2/c1-23-13-11-19-29(21-23)32-25(3)31(35(37)27-15-7-5-8-16-27)26(4)33(36(38)28-17-9-6-10-18-28)34(32)30-20-12-14-24(2)22-30/h5-22,25-26,31,33H,1-4H3/t25-,26+,31+,33-/m1/s1. The van der Waals surface area contributed by atoms with Crippen LogP contribution in [0.5, 0.6) is 0 Å². The van der Waals surface area contributed by atoms with Crippen molar-refractivity contribution in [2.75, 3.05) is 0 Å². The molecule has 38 heavy (non-hydrogen) atoms. The van der Waals surface area contributed by atoms with Crippen LogP contribution in [0.1, 0.15) is 56.8 Å². The van der Waals surface area contributed by atoms with Crippen LogP contribution in [-0.2, 0) is 0 Å². The highest BCUT2D eigenvalue weighted by Crippen LogP contribution is 2.52. The zero-order chi connectivity index (χ0) is 26.8. The van der Waals surface area contributed by atoms with Crippen LogP contribution in [-0.4, -0.2) is 11.6 Å². The average Bonchev–Trinajstić information content (AvgIpc) is 2.93. The molecule has 0 spiro atoms. The fraction of sp³-hybridized carbons (Fsp3) is 0.222. The third-order valence-corrected chi connectivity index (χ3v) is 8.05. The molecule has 0 amide bonds. The van der Waals surface area contributed by atoms with E-state index in [0.717, 1.165) is 33.4 Å². The summed E-state index contributed by atoms with van der Waals surface area (Å²) in [5, 5.41) is 0. The van der Waals surface area contributed by atoms with Crippen LogP contribution < -0.4 is 0 Å². The predicted octanol–water partition coefficient (Wildman–Crippen LogP) is 8.50. The molecule has 0 N–H and O–H groups in total. The van der Waals surface area contributed by atoms with Crippen LogP contribution in [0.2, 0.25) is 0 Å². The van der Waals surface area contributed by atoms with Crippen LogP contribution in [0.3, 0.4) is 0 Å². The van der Waals surface area contributed by atoms with Gasteiger partial charge in [0.15, 0.2) is 11.6 Å². The van der Waals surface area contributed by atoms with Crippen LogP contribution in [0.15, 0.2) is 109 Å². The van der Waals surface area contributed by atoms with Crippen LogP contribution in [0, 0.1) is 37.5 Å². The molecule has 0 bridgehead atoms. The Kier molecular flexibility index (Phi) is 7.24. The SMILES string of the molecule is Cc1cccc(C2=C(c3cccc(C)c3)[C@H](C)[C@H](C(=O)c3ccccc3)[C@H](C)[C@H]2C(=O)c2ccccc2)c1. The van der Waals surface area contributed by atoms with Gasteiger partial charge in [0.2, 0.25) is 0 Å². The number of benzene rings is 4. The van der Waals surface area contributed by atoms with Crippen LogP contribution >= 0.6 is 0 Å². The Morgan fingerprint density at radius 3 is 1.53 bits per heavy atom. The Hall–Kier alpha value is -4.04. The summed E-state index contributed by atoms with van der Waals surface area (Å²) >= 11 is 0. The summed E-state index contributed by atoms with van der Waals surface area (Å²) in [5.74, 6) is -0.880. The molecule has 2 heteroatoms. The number of carbonyl (C=O) groups is 2. The molecule has 0 heterocycles. The monoisotopic (exact) mass is 498 g/mol. The minimum Gasteiger partial charge on any atom is -0.294 e. The minimum atomic E-state index is -0.455. The van der Waals surface area contributed by atoms with Crippen molar-refractivity contribution < 1.29 is 9.59 Å². The number of ketones is 2. The second kappa shape index (κ2) is 10.8. The molecule has 2 nitrogen and oxygen atoms in total. The average molecular weight is 499 g/mol. The first kappa shape index (κ1) is 25.6. The molecule has 0 saturated carbocycles. The Labute approximate surface area is 226 Å². The summed E-state index contributed by atoms with van der Waals surface area (Å²) in [4.78, 5) is 28.5. The molecule has 0 unspecified atom stereocenters. The van der Waals surface area contributed by atoms with Crippen molar-refractivity contribution in [3.63, 3.8) is 0 Å². The van der Waals surface area contributed by atoms with Crippen LogP contribution in [0.4, 0.5) is 0 Å². The maximum Gasteiger partial charge on any atom is 0.170 e. The van der Waals surface area contributed by atoms with Crippen molar-refractivity contribution in [2.45, 2.75) is 27.7 Å². The van der Waals surface area contributed by atoms with E-state index >= 15 is 0 Å². The predicted molar refractivity (Wildman–Crippen MR) is 156 cm³/mol. The van der Waals surface area contributed by atoms with Gasteiger partial charge in [-0.3, -0.25) is 9.59 Å². The van der Waals surface area contributed by atoms with Gasteiger partial charge in [0.1, 0.15) is 0 Å². The van der Waals surface area contributed by atoms with E-state index < -0.39 is 5.92 Å². The molecule has 1 aliphatic carbocycles. The summed E-state index contributed by atoms with van der Waals surface area (Å²) in [5.41, 5.74) is 7.96. The first-order chi connectivity index (χ1) is 18.4. The van der Waals surface area contributed by atoms with Gasteiger partial charge in [-0.25, -0.2) is 0 Å². The molecular formula is C36H34O2. The third-order valence-electron chi connectivity index (χ3n) is 8.05. The number of Topliss-reactive ketones (excluding diaryl/α,β-unsaturated/α-hetero) is 2. The Morgan fingerprint density at radius 2 is 1.03 bits per heavy atom. The molecule has 0 radical (unpaired) electrons. The summed E-state index contributed by atoms with van der Waals surface area (Å²) in [7, 11) is 0. The lowest BCUT2D eigenvalue weighted by Crippen LogP contribution is -2.41. The first-order valence-corrected chi connectivity index (χ1v) is 13.4. The molecule has 0 saturated heterocycles. The maximum absolute atomic E-state index is 14.4. The summed E-state index contributed by atoms with van der Waals surface area (Å²) in [6, 6.07) is 36.0. The van der Waals surface area contributed by atoms with E-state index in [-0.39, 0.29) is 29.3 Å². The molecule has 0 fully saturated rings. The molecule has 0 aromatic heterocycles. The topological polar surface area (TPSA) is 34.1 Å². The number of hydrogen-bond donors (Lipinski definition) is 0. The van der Waals surface area contributed by atoms with Gasteiger partial charge in [0, 0.05) is 17.0 Å². The number of carbonyl (C=O) groups excluding carboxylic acids is 2. The molecule has 5 rings (SSSR count). The van der Waals surface area contributed by atoms with Gasteiger partial charge in [0.05, 0.1) is 5.92 Å². The van der Waals surface area contributed by atoms with E-state index in [2.05, 4.69) is 76.2 Å². The Morgan fingerprint density at radius 1 is 0.553 bits per heavy atom. The Balaban J connectivity index is 1.81. The highest BCUT2D eigenvalue weighted by atomic mass is 16.1. The van der Waals surface area contributed by atoms with Crippen molar-refractivity contribution in [2.24, 2.45) is 23.7 Å². The molecular weight excluding hydrogens is 464 g/mol. The second-order valence-electron chi connectivity index (χ2n) is 10.7. The summed E-state index contributed by atoms with van der Waals surface area (Å²) < 4.78 is 0. The van der Waals surface area contributed by atoms with E-state index in [0.29, 0.717) is 11.1 Å². The van der Waals surface area contributed by atoms with Gasteiger partial charge in [-0.2, -0.15) is 0 Å². The molecule has 190 valence electrons. The number of hydrogen-bond acceptors (Lipinski definition) is 2. The fourth-order valence-electron chi connectivity index (χ4n) is 6.31. The zero-order valence-corrected chi connectivity index (χ0v) is 22.5. The lowest BCUT2D eigenvalue weighted by Gasteiger charge is -2.43. The quantitative estimate of drug-likeness (QED) is 0.250. The van der Waals surface area contributed by atoms with E-state index in [1.54, 1.807) is 0 Å². The largest absolute Gasteiger partial charge is 0.294 e. The number of allylic oxidation sites excluding steroid dienone is 2. The molecule has 4 aromatic rings. The highest BCUT2D eigenvalue weighted by Gasteiger charge is 2.47. The van der Waals surface area contributed by atoms with Crippen molar-refractivity contribution in [1.29, 1.82) is 0 Å². The van der Waals surface area contributed by atoms with Gasteiger partial charge in [0.25, 0.3) is 0 Å². The van der Waals surface area contributed by atoms with Gasteiger partial charge in [-0.05, 0) is 48.0 Å². The normalized spacial score (nSPS) is 21.3. The zero-order valence-electron chi connectivity index (χ0n) is 22.5. The van der Waals surface area contributed by atoms with E-state index in [1.807, 2.05) is 60.7 Å². The molecule has 4 aromatic carbocycles. The summed E-state index contributed by atoms with van der Waals surface area (Å²) in [6.45, 7) is 8.43. The smallest absolute Gasteiger partial charge is 0.170 e. The third kappa shape index (κ3) is 4.79. The molecule has 0 aliphatic heterocycles. The lowest BCUT2D eigenvalue weighted by molar-refractivity contribution is 0.0763. The van der Waals surface area contributed by atoms with Gasteiger partial charge in [-0.1, -0.05) is 134 Å². The van der Waals surface area contributed by atoms with E-state index in [1.165, 1.54) is 0 Å². The van der Waals surface area contributed by atoms with Crippen molar-refractivity contribution in [3.05, 3.63) is 143 Å². The second-order valence-corrected chi connectivity index (χ2v) is 10.7. The summed E-state index contributed by atoms with van der Waals surface area (Å²) in [6.07, 6.45) is 0. The maximum atomic E-state index is 14.4. The minimum absolute atomic E-state index is 0.0671. The molecule has 4 atom stereocenters. The van der Waals surface area contributed by atoms with Gasteiger partial charge >= 0.3 is 0 Å². The van der Waals surface area contributed by atoms with Crippen molar-refractivity contribution in [3.8, 4) is 0 Å². The Bertz CT molecular complexity index is 1500. The number of aryl methyl sites for hydroxylation is 2. The lowest BCUT2D eigenvalue weighted by atomic mass is 9.59. The highest BCUT2D eigenvalue weighted by molar-refractivity contribution is 6.12. The first-order valence-electron chi connectivity index (χ1n) is 13.4. The number of rotatable bonds is 6. The van der Waals surface area contributed by atoms with Gasteiger partial charge < -0.3 is 0 Å². The van der Waals surface area contributed by atoms with E-state index in [4.69, 9.17) is 0 Å². The fourth-order valence-corrected chi connectivity index (χ4v) is 6.31. The van der Waals surface area contributed by atoms with Crippen molar-refractivity contribution >= 4 is 22.7 Å². The van der Waals surface area contributed by atoms with Crippen molar-refractivity contribution in [1.82, 2.24) is 0 Å². The molecule has 1 aliphatic rings. The van der Waals surface area contributed by atoms with Crippen LogP contribution in [0.25, 0.3) is 11.1 Å². The van der Waals surface area contributed by atoms with E-state index in [9.17, 15) is 9.59 Å².